The van der Waals surface area contributed by atoms with Gasteiger partial charge in [0.15, 0.2) is 0 Å². The van der Waals surface area contributed by atoms with E-state index in [1.54, 1.807) is 12.1 Å². The third kappa shape index (κ3) is 1.85. The molecule has 0 saturated heterocycles. The molecule has 0 aromatic heterocycles. The summed E-state index contributed by atoms with van der Waals surface area (Å²) >= 11 is 0. The minimum atomic E-state index is -0.144. The molecule has 0 N–H and O–H groups in total. The first-order valence-electron chi connectivity index (χ1n) is 4.93. The highest BCUT2D eigenvalue weighted by Gasteiger charge is 2.36. The molecule has 1 fully saturated rings. The molecule has 0 nitrogen and oxygen atoms in total. The Labute approximate surface area is 78.8 Å². The van der Waals surface area contributed by atoms with Gasteiger partial charge in [-0.3, -0.25) is 0 Å². The molecule has 0 atom stereocenters. The van der Waals surface area contributed by atoms with Gasteiger partial charge in [-0.1, -0.05) is 0 Å². The maximum absolute atomic E-state index is 12.7. The summed E-state index contributed by atoms with van der Waals surface area (Å²) in [5.74, 6) is 2.14. The lowest BCUT2D eigenvalue weighted by molar-refractivity contribution is 0.626. The van der Waals surface area contributed by atoms with Crippen LogP contribution in [0.25, 0.3) is 0 Å². The molecule has 1 aliphatic carbocycles. The third-order valence-electron chi connectivity index (χ3n) is 2.67. The Balaban J connectivity index is 2.17. The fourth-order valence-electron chi connectivity index (χ4n) is 1.82. The van der Waals surface area contributed by atoms with Crippen molar-refractivity contribution in [2.45, 2.75) is 26.2 Å². The second-order valence-corrected chi connectivity index (χ2v) is 3.66. The highest BCUT2D eigenvalue weighted by molar-refractivity contribution is 5.33. The summed E-state index contributed by atoms with van der Waals surface area (Å²) in [7, 11) is 0. The van der Waals surface area contributed by atoms with Gasteiger partial charge in [0, 0.05) is 42.5 Å². The van der Waals surface area contributed by atoms with Crippen LogP contribution in [0.1, 0.15) is 31.7 Å². The zero-order valence-electron chi connectivity index (χ0n) is 7.89. The van der Waals surface area contributed by atoms with Crippen LogP contribution >= 0.6 is 0 Å². The van der Waals surface area contributed by atoms with Gasteiger partial charge in [-0.25, -0.2) is 4.39 Å². The maximum atomic E-state index is 12.7. The van der Waals surface area contributed by atoms with Crippen molar-refractivity contribution in [2.75, 3.05) is 0 Å². The molecule has 68 valence electrons. The molecule has 1 saturated carbocycles. The quantitative estimate of drug-likeness (QED) is 0.619. The molecule has 13 heavy (non-hydrogen) atoms. The SMILES string of the molecule is CC[C+](c1ccc(F)cc1)C1CC1. The van der Waals surface area contributed by atoms with E-state index < -0.39 is 0 Å². The summed E-state index contributed by atoms with van der Waals surface area (Å²) in [5, 5.41) is 0. The Hall–Kier alpha value is -0.980. The van der Waals surface area contributed by atoms with Gasteiger partial charge >= 0.3 is 0 Å². The Morgan fingerprint density at radius 3 is 2.38 bits per heavy atom. The first-order valence-corrected chi connectivity index (χ1v) is 4.93. The van der Waals surface area contributed by atoms with Gasteiger partial charge in [0.05, 0.1) is 0 Å². The normalized spacial score (nSPS) is 15.8. The molecule has 1 heteroatoms. The average molecular weight is 177 g/mol. The van der Waals surface area contributed by atoms with Crippen molar-refractivity contribution >= 4 is 0 Å². The molecule has 0 bridgehead atoms. The fourth-order valence-corrected chi connectivity index (χ4v) is 1.82. The monoisotopic (exact) mass is 177 g/mol. The number of hydrogen-bond acceptors (Lipinski definition) is 0. The number of benzene rings is 1. The van der Waals surface area contributed by atoms with Crippen LogP contribution in [0.2, 0.25) is 0 Å². The van der Waals surface area contributed by atoms with Crippen molar-refractivity contribution < 1.29 is 4.39 Å². The molecule has 0 spiro atoms. The minimum absolute atomic E-state index is 0.144. The Morgan fingerprint density at radius 1 is 1.31 bits per heavy atom. The van der Waals surface area contributed by atoms with E-state index in [1.807, 2.05) is 12.1 Å². The third-order valence-corrected chi connectivity index (χ3v) is 2.67. The van der Waals surface area contributed by atoms with E-state index in [9.17, 15) is 4.39 Å². The van der Waals surface area contributed by atoms with Gasteiger partial charge < -0.3 is 0 Å². The smallest absolute Gasteiger partial charge is 0.149 e. The lowest BCUT2D eigenvalue weighted by Crippen LogP contribution is -2.00. The van der Waals surface area contributed by atoms with E-state index in [-0.39, 0.29) is 5.82 Å². The second-order valence-electron chi connectivity index (χ2n) is 3.66. The van der Waals surface area contributed by atoms with Gasteiger partial charge in [-0.15, -0.1) is 0 Å². The van der Waals surface area contributed by atoms with Crippen molar-refractivity contribution in [3.8, 4) is 0 Å². The summed E-state index contributed by atoms with van der Waals surface area (Å²) in [5.41, 5.74) is 1.23. The van der Waals surface area contributed by atoms with E-state index in [0.29, 0.717) is 0 Å². The number of hydrogen-bond donors (Lipinski definition) is 0. The molecule has 0 amide bonds. The second kappa shape index (κ2) is 3.41. The molecule has 0 heterocycles. The highest BCUT2D eigenvalue weighted by Crippen LogP contribution is 2.43. The first-order chi connectivity index (χ1) is 6.31. The molecular formula is C12H14F+. The predicted octanol–water partition coefficient (Wildman–Crippen LogP) is 3.57. The predicted molar refractivity (Wildman–Crippen MR) is 51.8 cm³/mol. The lowest BCUT2D eigenvalue weighted by Gasteiger charge is -2.05. The van der Waals surface area contributed by atoms with Gasteiger partial charge in [0.2, 0.25) is 0 Å². The van der Waals surface area contributed by atoms with Crippen molar-refractivity contribution in [1.29, 1.82) is 0 Å². The van der Waals surface area contributed by atoms with Gasteiger partial charge in [-0.2, -0.15) is 0 Å². The van der Waals surface area contributed by atoms with E-state index in [0.717, 1.165) is 12.3 Å². The van der Waals surface area contributed by atoms with Crippen molar-refractivity contribution in [1.82, 2.24) is 0 Å². The van der Waals surface area contributed by atoms with E-state index in [4.69, 9.17) is 0 Å². The van der Waals surface area contributed by atoms with Crippen LogP contribution in [0, 0.1) is 17.7 Å². The Morgan fingerprint density at radius 2 is 1.92 bits per heavy atom. The van der Waals surface area contributed by atoms with Crippen LogP contribution < -0.4 is 0 Å². The van der Waals surface area contributed by atoms with Crippen LogP contribution in [-0.2, 0) is 0 Å². The van der Waals surface area contributed by atoms with Crippen molar-refractivity contribution in [3.63, 3.8) is 0 Å². The van der Waals surface area contributed by atoms with Gasteiger partial charge in [0.25, 0.3) is 0 Å². The van der Waals surface area contributed by atoms with E-state index in [1.165, 1.54) is 24.3 Å². The van der Waals surface area contributed by atoms with Crippen LogP contribution in [0.4, 0.5) is 4.39 Å². The summed E-state index contributed by atoms with van der Waals surface area (Å²) < 4.78 is 12.7. The summed E-state index contributed by atoms with van der Waals surface area (Å²) in [6, 6.07) is 6.89. The molecule has 2 rings (SSSR count). The molecule has 0 unspecified atom stereocenters. The van der Waals surface area contributed by atoms with Crippen molar-refractivity contribution in [2.24, 2.45) is 5.92 Å². The maximum Gasteiger partial charge on any atom is 0.149 e. The molecule has 0 aliphatic heterocycles. The van der Waals surface area contributed by atoms with Crippen molar-refractivity contribution in [3.05, 3.63) is 41.6 Å². The summed E-state index contributed by atoms with van der Waals surface area (Å²) in [6.07, 6.45) is 3.73. The minimum Gasteiger partial charge on any atom is -0.204 e. The van der Waals surface area contributed by atoms with E-state index >= 15 is 0 Å². The Bertz CT molecular complexity index is 272. The largest absolute Gasteiger partial charge is 0.204 e. The highest BCUT2D eigenvalue weighted by atomic mass is 19.1. The average Bonchev–Trinajstić information content (AvgIpc) is 2.93. The van der Waals surface area contributed by atoms with Gasteiger partial charge in [-0.05, 0) is 19.8 Å². The molecule has 1 aromatic rings. The van der Waals surface area contributed by atoms with Crippen LogP contribution in [0.3, 0.4) is 0 Å². The number of halogens is 1. The summed E-state index contributed by atoms with van der Waals surface area (Å²) in [4.78, 5) is 0. The zero-order chi connectivity index (χ0) is 9.26. The molecule has 1 aromatic carbocycles. The van der Waals surface area contributed by atoms with Crippen LogP contribution in [-0.4, -0.2) is 0 Å². The fraction of sp³-hybridized carbons (Fsp3) is 0.417. The van der Waals surface area contributed by atoms with Crippen LogP contribution in [0.5, 0.6) is 0 Å². The van der Waals surface area contributed by atoms with Gasteiger partial charge in [0.1, 0.15) is 11.4 Å². The Kier molecular flexibility index (Phi) is 2.26. The molecule has 0 radical (unpaired) electrons. The summed E-state index contributed by atoms with van der Waals surface area (Å²) in [6.45, 7) is 2.18. The molecule has 1 aliphatic rings. The standard InChI is InChI=1S/C12H14F/c1-2-12(9-3-4-9)10-5-7-11(13)8-6-10/h5-9H,2-4H2,1H3/q+1. The molecular weight excluding hydrogens is 163 g/mol. The van der Waals surface area contributed by atoms with E-state index in [2.05, 4.69) is 6.92 Å². The number of rotatable bonds is 3. The first kappa shape index (κ1) is 8.61. The zero-order valence-corrected chi connectivity index (χ0v) is 7.89. The lowest BCUT2D eigenvalue weighted by atomic mass is 9.92. The topological polar surface area (TPSA) is 0 Å². The van der Waals surface area contributed by atoms with Crippen LogP contribution in [0.15, 0.2) is 24.3 Å².